The van der Waals surface area contributed by atoms with E-state index in [1.54, 1.807) is 11.3 Å². The molecule has 18 heavy (non-hydrogen) atoms. The lowest BCUT2D eigenvalue weighted by Crippen LogP contribution is -2.49. The molecule has 1 aliphatic carbocycles. The van der Waals surface area contributed by atoms with Crippen molar-refractivity contribution in [2.75, 3.05) is 6.54 Å². The average Bonchev–Trinajstić information content (AvgIpc) is 2.77. The minimum atomic E-state index is -0.707. The van der Waals surface area contributed by atoms with E-state index in [9.17, 15) is 10.1 Å². The second-order valence-electron chi connectivity index (χ2n) is 5.27. The van der Waals surface area contributed by atoms with Crippen molar-refractivity contribution in [3.8, 4) is 6.07 Å². The third-order valence-corrected chi connectivity index (χ3v) is 5.37. The van der Waals surface area contributed by atoms with Gasteiger partial charge in [0, 0.05) is 11.4 Å². The summed E-state index contributed by atoms with van der Waals surface area (Å²) < 4.78 is 0. The zero-order valence-corrected chi connectivity index (χ0v) is 11.3. The Kier molecular flexibility index (Phi) is 2.67. The smallest absolute Gasteiger partial charge is 0.243 e. The minimum Gasteiger partial charge on any atom is -0.334 e. The lowest BCUT2D eigenvalue weighted by atomic mass is 9.68. The summed E-state index contributed by atoms with van der Waals surface area (Å²) in [6, 6.07) is 4.50. The Hall–Kier alpha value is -1.34. The van der Waals surface area contributed by atoms with E-state index >= 15 is 0 Å². The maximum absolute atomic E-state index is 12.6. The van der Waals surface area contributed by atoms with Crippen LogP contribution in [0.15, 0.2) is 11.4 Å². The molecule has 1 aromatic rings. The van der Waals surface area contributed by atoms with E-state index in [0.717, 1.165) is 32.2 Å². The summed E-state index contributed by atoms with van der Waals surface area (Å²) in [5, 5.41) is 11.4. The van der Waals surface area contributed by atoms with Crippen LogP contribution >= 0.6 is 11.3 Å². The van der Waals surface area contributed by atoms with Gasteiger partial charge in [-0.1, -0.05) is 0 Å². The molecule has 2 aliphatic rings. The Morgan fingerprint density at radius 3 is 3.00 bits per heavy atom. The third kappa shape index (κ3) is 1.50. The summed E-state index contributed by atoms with van der Waals surface area (Å²) in [5.74, 6) is 0.0561. The molecule has 1 unspecified atom stereocenters. The van der Waals surface area contributed by atoms with Crippen LogP contribution in [0.2, 0.25) is 0 Å². The van der Waals surface area contributed by atoms with Crippen molar-refractivity contribution in [2.24, 2.45) is 5.41 Å². The standard InChI is InChI=1S/C14H16N2OS/c1-10-11-4-8-18-12(11)3-7-16(10)13(17)14(9-15)5-2-6-14/h4,8,10H,2-3,5-7H2,1H3. The molecule has 4 heteroatoms. The Balaban J connectivity index is 1.87. The van der Waals surface area contributed by atoms with E-state index in [1.165, 1.54) is 10.4 Å². The fourth-order valence-electron chi connectivity index (χ4n) is 2.97. The topological polar surface area (TPSA) is 44.1 Å². The van der Waals surface area contributed by atoms with Crippen LogP contribution in [-0.2, 0) is 11.2 Å². The summed E-state index contributed by atoms with van der Waals surface area (Å²) in [7, 11) is 0. The highest BCUT2D eigenvalue weighted by Gasteiger charge is 2.48. The van der Waals surface area contributed by atoms with Crippen LogP contribution in [0.4, 0.5) is 0 Å². The summed E-state index contributed by atoms with van der Waals surface area (Å²) in [4.78, 5) is 15.9. The number of amides is 1. The number of hydrogen-bond donors (Lipinski definition) is 0. The molecule has 0 aromatic carbocycles. The highest BCUT2D eigenvalue weighted by Crippen LogP contribution is 2.44. The number of carbonyl (C=O) groups is 1. The van der Waals surface area contributed by atoms with Crippen molar-refractivity contribution in [1.29, 1.82) is 5.26 Å². The molecular formula is C14H16N2OS. The molecule has 0 bridgehead atoms. The van der Waals surface area contributed by atoms with Gasteiger partial charge in [-0.3, -0.25) is 4.79 Å². The number of fused-ring (bicyclic) bond motifs is 1. The van der Waals surface area contributed by atoms with Gasteiger partial charge in [0.1, 0.15) is 5.41 Å². The number of hydrogen-bond acceptors (Lipinski definition) is 3. The second kappa shape index (κ2) is 4.10. The number of rotatable bonds is 1. The van der Waals surface area contributed by atoms with Crippen molar-refractivity contribution >= 4 is 17.2 Å². The highest BCUT2D eigenvalue weighted by atomic mass is 32.1. The molecule has 94 valence electrons. The molecule has 3 nitrogen and oxygen atoms in total. The van der Waals surface area contributed by atoms with Crippen molar-refractivity contribution in [3.63, 3.8) is 0 Å². The van der Waals surface area contributed by atoms with Gasteiger partial charge in [0.05, 0.1) is 12.1 Å². The monoisotopic (exact) mass is 260 g/mol. The predicted molar refractivity (Wildman–Crippen MR) is 70.0 cm³/mol. The van der Waals surface area contributed by atoms with E-state index in [2.05, 4.69) is 24.4 Å². The second-order valence-corrected chi connectivity index (χ2v) is 6.27. The first kappa shape index (κ1) is 11.7. The Morgan fingerprint density at radius 2 is 2.39 bits per heavy atom. The fourth-order valence-corrected chi connectivity index (χ4v) is 3.93. The molecule has 0 spiro atoms. The van der Waals surface area contributed by atoms with Crippen molar-refractivity contribution in [2.45, 2.75) is 38.6 Å². The zero-order chi connectivity index (χ0) is 12.8. The van der Waals surface area contributed by atoms with Crippen molar-refractivity contribution in [3.05, 3.63) is 21.9 Å². The van der Waals surface area contributed by atoms with Crippen LogP contribution < -0.4 is 0 Å². The maximum atomic E-state index is 12.6. The van der Waals surface area contributed by atoms with Gasteiger partial charge < -0.3 is 4.90 Å². The summed E-state index contributed by atoms with van der Waals surface area (Å²) in [5.41, 5.74) is 0.564. The molecular weight excluding hydrogens is 244 g/mol. The number of nitrogens with zero attached hydrogens (tertiary/aromatic N) is 2. The van der Waals surface area contributed by atoms with Crippen LogP contribution in [0.1, 0.15) is 42.7 Å². The molecule has 1 aromatic heterocycles. The fraction of sp³-hybridized carbons (Fsp3) is 0.571. The van der Waals surface area contributed by atoms with E-state index < -0.39 is 5.41 Å². The molecule has 0 saturated heterocycles. The average molecular weight is 260 g/mol. The molecule has 1 atom stereocenters. The number of carbonyl (C=O) groups excluding carboxylic acids is 1. The molecule has 1 saturated carbocycles. The molecule has 2 heterocycles. The maximum Gasteiger partial charge on any atom is 0.243 e. The number of thiophene rings is 1. The van der Waals surface area contributed by atoms with E-state index in [-0.39, 0.29) is 11.9 Å². The summed E-state index contributed by atoms with van der Waals surface area (Å²) >= 11 is 1.77. The zero-order valence-electron chi connectivity index (χ0n) is 10.5. The Bertz CT molecular complexity index is 524. The summed E-state index contributed by atoms with van der Waals surface area (Å²) in [6.07, 6.45) is 3.42. The SMILES string of the molecule is CC1c2ccsc2CCN1C(=O)C1(C#N)CCC1. The van der Waals surface area contributed by atoms with Gasteiger partial charge in [-0.15, -0.1) is 11.3 Å². The van der Waals surface area contributed by atoms with E-state index in [1.807, 2.05) is 4.90 Å². The molecule has 0 radical (unpaired) electrons. The van der Waals surface area contributed by atoms with Gasteiger partial charge in [0.25, 0.3) is 0 Å². The molecule has 3 rings (SSSR count). The first-order valence-electron chi connectivity index (χ1n) is 6.46. The van der Waals surface area contributed by atoms with E-state index in [0.29, 0.717) is 0 Å². The van der Waals surface area contributed by atoms with Gasteiger partial charge in [-0.2, -0.15) is 5.26 Å². The third-order valence-electron chi connectivity index (χ3n) is 4.37. The Morgan fingerprint density at radius 1 is 1.61 bits per heavy atom. The van der Waals surface area contributed by atoms with Gasteiger partial charge in [0.2, 0.25) is 5.91 Å². The largest absolute Gasteiger partial charge is 0.334 e. The van der Waals surface area contributed by atoms with Gasteiger partial charge in [-0.25, -0.2) is 0 Å². The molecule has 1 aliphatic heterocycles. The van der Waals surface area contributed by atoms with Crippen LogP contribution in [-0.4, -0.2) is 17.4 Å². The van der Waals surface area contributed by atoms with Crippen LogP contribution in [0.5, 0.6) is 0 Å². The highest BCUT2D eigenvalue weighted by molar-refractivity contribution is 7.10. The van der Waals surface area contributed by atoms with Crippen LogP contribution in [0.25, 0.3) is 0 Å². The first-order chi connectivity index (χ1) is 8.68. The molecule has 0 N–H and O–H groups in total. The Labute approximate surface area is 111 Å². The van der Waals surface area contributed by atoms with Crippen LogP contribution in [0, 0.1) is 16.7 Å². The van der Waals surface area contributed by atoms with Crippen LogP contribution in [0.3, 0.4) is 0 Å². The lowest BCUT2D eigenvalue weighted by Gasteiger charge is -2.42. The normalized spacial score (nSPS) is 24.9. The quantitative estimate of drug-likeness (QED) is 0.779. The molecule has 1 fully saturated rings. The van der Waals surface area contributed by atoms with E-state index in [4.69, 9.17) is 0 Å². The first-order valence-corrected chi connectivity index (χ1v) is 7.34. The summed E-state index contributed by atoms with van der Waals surface area (Å²) in [6.45, 7) is 2.84. The van der Waals surface area contributed by atoms with Gasteiger partial charge in [0.15, 0.2) is 0 Å². The number of nitriles is 1. The lowest BCUT2D eigenvalue weighted by molar-refractivity contribution is -0.145. The van der Waals surface area contributed by atoms with Crippen molar-refractivity contribution in [1.82, 2.24) is 4.90 Å². The molecule has 1 amide bonds. The van der Waals surface area contributed by atoms with Crippen molar-refractivity contribution < 1.29 is 4.79 Å². The van der Waals surface area contributed by atoms with Gasteiger partial charge >= 0.3 is 0 Å². The predicted octanol–water partition coefficient (Wildman–Crippen LogP) is 2.89. The minimum absolute atomic E-state index is 0.0561. The van der Waals surface area contributed by atoms with Gasteiger partial charge in [-0.05, 0) is 49.6 Å².